The zero-order valence-electron chi connectivity index (χ0n) is 8.07. The zero-order chi connectivity index (χ0) is 10.8. The largest absolute Gasteiger partial charge is 0.331 e. The predicted octanol–water partition coefficient (Wildman–Crippen LogP) is 0.909. The van der Waals surface area contributed by atoms with E-state index in [4.69, 9.17) is 11.6 Å². The highest BCUT2D eigenvalue weighted by Crippen LogP contribution is 2.11. The third kappa shape index (κ3) is 1.92. The second-order valence-corrected chi connectivity index (χ2v) is 3.38. The highest BCUT2D eigenvalue weighted by molar-refractivity contribution is 6.16. The molecule has 0 fully saturated rings. The first kappa shape index (κ1) is 9.92. The molecule has 0 spiro atoms. The molecule has 0 unspecified atom stereocenters. The van der Waals surface area contributed by atoms with Crippen LogP contribution in [0.2, 0.25) is 0 Å². The molecule has 78 valence electrons. The van der Waals surface area contributed by atoms with Crippen LogP contribution in [-0.4, -0.2) is 19.5 Å². The minimum Gasteiger partial charge on any atom is -0.331 e. The molecule has 0 bridgehead atoms. The Morgan fingerprint density at radius 1 is 1.60 bits per heavy atom. The van der Waals surface area contributed by atoms with Crippen LogP contribution in [0.3, 0.4) is 0 Å². The Labute approximate surface area is 90.8 Å². The molecule has 0 saturated heterocycles. The van der Waals surface area contributed by atoms with Gasteiger partial charge < -0.3 is 9.55 Å². The number of hydrogen-bond donors (Lipinski definition) is 1. The van der Waals surface area contributed by atoms with Crippen LogP contribution in [-0.2, 0) is 12.9 Å². The molecule has 2 heterocycles. The molecule has 6 heteroatoms. The van der Waals surface area contributed by atoms with Gasteiger partial charge in [-0.05, 0) is 0 Å². The summed E-state index contributed by atoms with van der Waals surface area (Å²) in [6.07, 6.45) is 3.28. The lowest BCUT2D eigenvalue weighted by atomic mass is 10.4. The normalized spacial score (nSPS) is 10.5. The fourth-order valence-electron chi connectivity index (χ4n) is 1.28. The van der Waals surface area contributed by atoms with Crippen molar-refractivity contribution in [2.45, 2.75) is 5.88 Å². The number of halogens is 1. The molecule has 15 heavy (non-hydrogen) atoms. The van der Waals surface area contributed by atoms with Crippen molar-refractivity contribution in [1.82, 2.24) is 19.5 Å². The fraction of sp³-hybridized carbons (Fsp3) is 0.222. The summed E-state index contributed by atoms with van der Waals surface area (Å²) < 4.78 is 1.77. The Kier molecular flexibility index (Phi) is 2.55. The molecule has 0 aliphatic carbocycles. The van der Waals surface area contributed by atoms with Crippen LogP contribution in [0.4, 0.5) is 0 Å². The van der Waals surface area contributed by atoms with Crippen LogP contribution in [0.25, 0.3) is 11.5 Å². The van der Waals surface area contributed by atoms with Gasteiger partial charge >= 0.3 is 0 Å². The topological polar surface area (TPSA) is 63.6 Å². The maximum atomic E-state index is 11.3. The maximum Gasteiger partial charge on any atom is 0.251 e. The zero-order valence-corrected chi connectivity index (χ0v) is 8.82. The van der Waals surface area contributed by atoms with Crippen LogP contribution < -0.4 is 5.56 Å². The third-order valence-electron chi connectivity index (χ3n) is 1.99. The average molecular weight is 225 g/mol. The number of nitrogens with one attached hydrogen (secondary N) is 1. The number of aromatic amines is 1. The van der Waals surface area contributed by atoms with Crippen LogP contribution >= 0.6 is 11.6 Å². The van der Waals surface area contributed by atoms with Gasteiger partial charge in [-0.15, -0.1) is 11.6 Å². The van der Waals surface area contributed by atoms with E-state index >= 15 is 0 Å². The second-order valence-electron chi connectivity index (χ2n) is 3.11. The van der Waals surface area contributed by atoms with Gasteiger partial charge in [0, 0.05) is 13.1 Å². The van der Waals surface area contributed by atoms with Crippen LogP contribution in [0.1, 0.15) is 5.69 Å². The maximum absolute atomic E-state index is 11.3. The Morgan fingerprint density at radius 3 is 3.00 bits per heavy atom. The first-order chi connectivity index (χ1) is 7.20. The molecule has 2 rings (SSSR count). The molecule has 0 radical (unpaired) electrons. The van der Waals surface area contributed by atoms with Gasteiger partial charge in [0.25, 0.3) is 5.56 Å². The first-order valence-corrected chi connectivity index (χ1v) is 4.87. The number of H-pyrrole nitrogens is 1. The summed E-state index contributed by atoms with van der Waals surface area (Å²) in [5.74, 6) is 0.701. The molecule has 1 N–H and O–H groups in total. The van der Waals surface area contributed by atoms with Crippen LogP contribution in [0.15, 0.2) is 23.4 Å². The van der Waals surface area contributed by atoms with Crippen molar-refractivity contribution in [3.05, 3.63) is 34.6 Å². The summed E-state index contributed by atoms with van der Waals surface area (Å²) in [6, 6.07) is 1.38. The minimum atomic E-state index is -0.211. The summed E-state index contributed by atoms with van der Waals surface area (Å²) in [6.45, 7) is 0. The number of imidazole rings is 1. The highest BCUT2D eigenvalue weighted by Gasteiger charge is 2.06. The molecule has 0 amide bonds. The molecular formula is C9H9ClN4O. The summed E-state index contributed by atoms with van der Waals surface area (Å²) in [4.78, 5) is 22.1. The van der Waals surface area contributed by atoms with Gasteiger partial charge in [-0.3, -0.25) is 4.79 Å². The van der Waals surface area contributed by atoms with E-state index in [1.165, 1.54) is 6.07 Å². The van der Waals surface area contributed by atoms with E-state index in [9.17, 15) is 4.79 Å². The summed E-state index contributed by atoms with van der Waals surface area (Å²) in [5.41, 5.74) is 1.09. The lowest BCUT2D eigenvalue weighted by molar-refractivity contribution is 0.901. The van der Waals surface area contributed by atoms with Gasteiger partial charge in [-0.1, -0.05) is 0 Å². The SMILES string of the molecule is Cn1cncc1-c1nc(CCl)cc(=O)[nH]1. The molecule has 0 aliphatic rings. The Balaban J connectivity index is 2.58. The van der Waals surface area contributed by atoms with Crippen LogP contribution in [0.5, 0.6) is 0 Å². The highest BCUT2D eigenvalue weighted by atomic mass is 35.5. The van der Waals surface area contributed by atoms with Crippen molar-refractivity contribution in [3.8, 4) is 11.5 Å². The molecule has 2 aromatic rings. The number of hydrogen-bond acceptors (Lipinski definition) is 3. The van der Waals surface area contributed by atoms with E-state index in [1.807, 2.05) is 7.05 Å². The third-order valence-corrected chi connectivity index (χ3v) is 2.26. The Bertz CT molecular complexity index is 531. The molecular weight excluding hydrogens is 216 g/mol. The number of aromatic nitrogens is 4. The van der Waals surface area contributed by atoms with Crippen molar-refractivity contribution in [2.75, 3.05) is 0 Å². The molecule has 5 nitrogen and oxygen atoms in total. The smallest absolute Gasteiger partial charge is 0.251 e. The second kappa shape index (κ2) is 3.86. The van der Waals surface area contributed by atoms with E-state index in [0.717, 1.165) is 5.69 Å². The molecule has 0 atom stereocenters. The standard InChI is InChI=1S/C9H9ClN4O/c1-14-5-11-4-7(14)9-12-6(3-10)2-8(15)13-9/h2,4-5H,3H2,1H3,(H,12,13,15). The van der Waals surface area contributed by atoms with Crippen molar-refractivity contribution in [2.24, 2.45) is 7.05 Å². The minimum absolute atomic E-state index is 0.211. The van der Waals surface area contributed by atoms with Crippen molar-refractivity contribution in [1.29, 1.82) is 0 Å². The number of alkyl halides is 1. The van der Waals surface area contributed by atoms with E-state index in [0.29, 0.717) is 11.5 Å². The Morgan fingerprint density at radius 2 is 2.40 bits per heavy atom. The van der Waals surface area contributed by atoms with Crippen molar-refractivity contribution < 1.29 is 0 Å². The first-order valence-electron chi connectivity index (χ1n) is 4.33. The quantitative estimate of drug-likeness (QED) is 0.772. The van der Waals surface area contributed by atoms with Crippen molar-refractivity contribution in [3.63, 3.8) is 0 Å². The van der Waals surface area contributed by atoms with Gasteiger partial charge in [0.1, 0.15) is 5.69 Å². The lowest BCUT2D eigenvalue weighted by Gasteiger charge is -2.02. The number of aryl methyl sites for hydroxylation is 1. The molecule has 2 aromatic heterocycles. The molecule has 0 aliphatic heterocycles. The van der Waals surface area contributed by atoms with Gasteiger partial charge in [0.05, 0.1) is 24.1 Å². The van der Waals surface area contributed by atoms with E-state index in [1.54, 1.807) is 17.1 Å². The fourth-order valence-corrected chi connectivity index (χ4v) is 1.42. The summed E-state index contributed by atoms with van der Waals surface area (Å²) in [5, 5.41) is 0. The van der Waals surface area contributed by atoms with Gasteiger partial charge in [-0.25, -0.2) is 9.97 Å². The van der Waals surface area contributed by atoms with E-state index < -0.39 is 0 Å². The van der Waals surface area contributed by atoms with E-state index in [2.05, 4.69) is 15.0 Å². The van der Waals surface area contributed by atoms with Gasteiger partial charge in [0.15, 0.2) is 5.82 Å². The monoisotopic (exact) mass is 224 g/mol. The predicted molar refractivity (Wildman–Crippen MR) is 56.6 cm³/mol. The van der Waals surface area contributed by atoms with Crippen molar-refractivity contribution >= 4 is 11.6 Å². The summed E-state index contributed by atoms with van der Waals surface area (Å²) >= 11 is 5.63. The van der Waals surface area contributed by atoms with E-state index in [-0.39, 0.29) is 11.4 Å². The molecule has 0 saturated carbocycles. The Hall–Kier alpha value is -1.62. The van der Waals surface area contributed by atoms with Gasteiger partial charge in [0.2, 0.25) is 0 Å². The lowest BCUT2D eigenvalue weighted by Crippen LogP contribution is -2.10. The van der Waals surface area contributed by atoms with Gasteiger partial charge in [-0.2, -0.15) is 0 Å². The average Bonchev–Trinajstić information content (AvgIpc) is 2.63. The molecule has 0 aromatic carbocycles. The van der Waals surface area contributed by atoms with Crippen LogP contribution in [0, 0.1) is 0 Å². The number of nitrogens with zero attached hydrogens (tertiary/aromatic N) is 3. The summed E-state index contributed by atoms with van der Waals surface area (Å²) in [7, 11) is 1.83. The number of rotatable bonds is 2.